The zero-order valence-corrected chi connectivity index (χ0v) is 12.1. The molecule has 0 aromatic heterocycles. The SMILES string of the molecule is CS(=O)(=O)C1CCCC(Oc2ccccc2C(=O)O)C1. The molecule has 20 heavy (non-hydrogen) atoms. The summed E-state index contributed by atoms with van der Waals surface area (Å²) < 4.78 is 28.9. The van der Waals surface area contributed by atoms with E-state index >= 15 is 0 Å². The number of carboxylic acids is 1. The third kappa shape index (κ3) is 3.50. The van der Waals surface area contributed by atoms with Gasteiger partial charge in [-0.15, -0.1) is 0 Å². The molecule has 1 aliphatic rings. The number of carbonyl (C=O) groups is 1. The Balaban J connectivity index is 2.12. The average Bonchev–Trinajstić information content (AvgIpc) is 2.38. The highest BCUT2D eigenvalue weighted by Gasteiger charge is 2.30. The Morgan fingerprint density at radius 1 is 1.30 bits per heavy atom. The summed E-state index contributed by atoms with van der Waals surface area (Å²) in [7, 11) is -3.07. The Morgan fingerprint density at radius 3 is 2.65 bits per heavy atom. The second kappa shape index (κ2) is 5.83. The predicted molar refractivity (Wildman–Crippen MR) is 74.9 cm³/mol. The van der Waals surface area contributed by atoms with Crippen LogP contribution in [0.5, 0.6) is 5.75 Å². The molecular formula is C14H18O5S. The van der Waals surface area contributed by atoms with E-state index in [9.17, 15) is 13.2 Å². The summed E-state index contributed by atoms with van der Waals surface area (Å²) in [4.78, 5) is 11.1. The van der Waals surface area contributed by atoms with Crippen molar-refractivity contribution >= 4 is 15.8 Å². The van der Waals surface area contributed by atoms with Crippen LogP contribution in [0, 0.1) is 0 Å². The largest absolute Gasteiger partial charge is 0.489 e. The van der Waals surface area contributed by atoms with Crippen molar-refractivity contribution in [3.8, 4) is 5.75 Å². The molecule has 1 fully saturated rings. The maximum Gasteiger partial charge on any atom is 0.339 e. The maximum atomic E-state index is 11.6. The summed E-state index contributed by atoms with van der Waals surface area (Å²) in [5.74, 6) is -0.741. The number of para-hydroxylation sites is 1. The monoisotopic (exact) mass is 298 g/mol. The molecule has 1 aromatic carbocycles. The van der Waals surface area contributed by atoms with Gasteiger partial charge in [0.05, 0.1) is 11.4 Å². The van der Waals surface area contributed by atoms with Gasteiger partial charge >= 0.3 is 5.97 Å². The second-order valence-electron chi connectivity index (χ2n) is 5.16. The van der Waals surface area contributed by atoms with Crippen molar-refractivity contribution in [3.63, 3.8) is 0 Å². The van der Waals surface area contributed by atoms with Crippen molar-refractivity contribution in [1.82, 2.24) is 0 Å². The van der Waals surface area contributed by atoms with Gasteiger partial charge in [-0.3, -0.25) is 0 Å². The fourth-order valence-corrected chi connectivity index (χ4v) is 3.68. The van der Waals surface area contributed by atoms with Crippen LogP contribution in [0.3, 0.4) is 0 Å². The quantitative estimate of drug-likeness (QED) is 0.921. The third-order valence-corrected chi connectivity index (χ3v) is 5.23. The average molecular weight is 298 g/mol. The first-order valence-electron chi connectivity index (χ1n) is 6.56. The summed E-state index contributed by atoms with van der Waals surface area (Å²) in [5.41, 5.74) is 0.106. The minimum Gasteiger partial charge on any atom is -0.489 e. The van der Waals surface area contributed by atoms with E-state index in [1.54, 1.807) is 18.2 Å². The summed E-state index contributed by atoms with van der Waals surface area (Å²) in [6.07, 6.45) is 3.60. The number of rotatable bonds is 4. The zero-order valence-electron chi connectivity index (χ0n) is 11.3. The van der Waals surface area contributed by atoms with E-state index in [1.165, 1.54) is 12.3 Å². The first-order valence-corrected chi connectivity index (χ1v) is 8.51. The third-order valence-electron chi connectivity index (χ3n) is 3.59. The van der Waals surface area contributed by atoms with E-state index in [1.807, 2.05) is 0 Å². The summed E-state index contributed by atoms with van der Waals surface area (Å²) >= 11 is 0. The molecule has 2 atom stereocenters. The lowest BCUT2D eigenvalue weighted by atomic mass is 9.97. The Kier molecular flexibility index (Phi) is 4.32. The van der Waals surface area contributed by atoms with E-state index < -0.39 is 21.1 Å². The Bertz CT molecular complexity index is 593. The lowest BCUT2D eigenvalue weighted by Gasteiger charge is -2.28. The standard InChI is InChI=1S/C14H18O5S/c1-20(17,18)11-6-4-5-10(9-11)19-13-8-3-2-7-12(13)14(15)16/h2-3,7-8,10-11H,4-6,9H2,1H3,(H,15,16). The van der Waals surface area contributed by atoms with E-state index in [0.717, 1.165) is 12.8 Å². The highest BCUT2D eigenvalue weighted by molar-refractivity contribution is 7.91. The van der Waals surface area contributed by atoms with E-state index in [2.05, 4.69) is 0 Å². The molecular weight excluding hydrogens is 280 g/mol. The van der Waals surface area contributed by atoms with Gasteiger partial charge in [-0.1, -0.05) is 12.1 Å². The predicted octanol–water partition coefficient (Wildman–Crippen LogP) is 2.12. The fourth-order valence-electron chi connectivity index (χ4n) is 2.52. The molecule has 1 saturated carbocycles. The van der Waals surface area contributed by atoms with Crippen LogP contribution in [0.25, 0.3) is 0 Å². The van der Waals surface area contributed by atoms with Crippen LogP contribution in [0.4, 0.5) is 0 Å². The molecule has 1 aliphatic carbocycles. The zero-order chi connectivity index (χ0) is 14.8. The molecule has 1 aromatic rings. The molecule has 0 spiro atoms. The summed E-state index contributed by atoms with van der Waals surface area (Å²) in [6.45, 7) is 0. The fraction of sp³-hybridized carbons (Fsp3) is 0.500. The number of hydrogen-bond donors (Lipinski definition) is 1. The summed E-state index contributed by atoms with van der Waals surface area (Å²) in [6, 6.07) is 6.43. The lowest BCUT2D eigenvalue weighted by Crippen LogP contribution is -2.33. The van der Waals surface area contributed by atoms with Crippen molar-refractivity contribution in [2.75, 3.05) is 6.26 Å². The van der Waals surface area contributed by atoms with Gasteiger partial charge in [-0.25, -0.2) is 13.2 Å². The molecule has 0 saturated heterocycles. The molecule has 110 valence electrons. The Morgan fingerprint density at radius 2 is 2.00 bits per heavy atom. The van der Waals surface area contributed by atoms with Gasteiger partial charge in [0.25, 0.3) is 0 Å². The van der Waals surface area contributed by atoms with Gasteiger partial charge in [-0.05, 0) is 31.4 Å². The van der Waals surface area contributed by atoms with Crippen molar-refractivity contribution in [3.05, 3.63) is 29.8 Å². The van der Waals surface area contributed by atoms with Crippen molar-refractivity contribution < 1.29 is 23.1 Å². The minimum atomic E-state index is -3.07. The van der Waals surface area contributed by atoms with Crippen LogP contribution in [0.1, 0.15) is 36.0 Å². The van der Waals surface area contributed by atoms with Crippen molar-refractivity contribution in [2.45, 2.75) is 37.0 Å². The van der Waals surface area contributed by atoms with Crippen molar-refractivity contribution in [1.29, 1.82) is 0 Å². The first kappa shape index (κ1) is 14.8. The molecule has 0 heterocycles. The van der Waals surface area contributed by atoms with Crippen LogP contribution in [-0.4, -0.2) is 37.1 Å². The number of aromatic carboxylic acids is 1. The smallest absolute Gasteiger partial charge is 0.339 e. The van der Waals surface area contributed by atoms with E-state index in [-0.39, 0.29) is 11.7 Å². The molecule has 0 radical (unpaired) electrons. The number of ether oxygens (including phenoxy) is 1. The van der Waals surface area contributed by atoms with Crippen LogP contribution in [-0.2, 0) is 9.84 Å². The van der Waals surface area contributed by atoms with Gasteiger partial charge in [0, 0.05) is 12.7 Å². The first-order chi connectivity index (χ1) is 9.38. The van der Waals surface area contributed by atoms with E-state index in [4.69, 9.17) is 9.84 Å². The van der Waals surface area contributed by atoms with Crippen LogP contribution >= 0.6 is 0 Å². The normalized spacial score (nSPS) is 23.2. The van der Waals surface area contributed by atoms with E-state index in [0.29, 0.717) is 18.6 Å². The van der Waals surface area contributed by atoms with Crippen LogP contribution < -0.4 is 4.74 Å². The number of benzene rings is 1. The molecule has 2 rings (SSSR count). The second-order valence-corrected chi connectivity index (χ2v) is 7.49. The van der Waals surface area contributed by atoms with Crippen LogP contribution in [0.2, 0.25) is 0 Å². The molecule has 0 bridgehead atoms. The van der Waals surface area contributed by atoms with Crippen molar-refractivity contribution in [2.24, 2.45) is 0 Å². The topological polar surface area (TPSA) is 80.7 Å². The number of carboxylic acid groups (broad SMARTS) is 1. The number of sulfone groups is 1. The molecule has 0 amide bonds. The molecule has 2 unspecified atom stereocenters. The minimum absolute atomic E-state index is 0.106. The molecule has 1 N–H and O–H groups in total. The van der Waals surface area contributed by atoms with Gasteiger partial charge in [0.1, 0.15) is 21.2 Å². The van der Waals surface area contributed by atoms with Gasteiger partial charge in [0.15, 0.2) is 0 Å². The summed E-state index contributed by atoms with van der Waals surface area (Å²) in [5, 5.41) is 8.71. The Labute approximate surface area is 118 Å². The lowest BCUT2D eigenvalue weighted by molar-refractivity contribution is 0.0686. The molecule has 6 heteroatoms. The van der Waals surface area contributed by atoms with Crippen LogP contribution in [0.15, 0.2) is 24.3 Å². The van der Waals surface area contributed by atoms with Gasteiger partial charge in [-0.2, -0.15) is 0 Å². The van der Waals surface area contributed by atoms with Gasteiger partial charge in [0.2, 0.25) is 0 Å². The highest BCUT2D eigenvalue weighted by Crippen LogP contribution is 2.29. The number of hydrogen-bond acceptors (Lipinski definition) is 4. The maximum absolute atomic E-state index is 11.6. The Hall–Kier alpha value is -1.56. The molecule has 0 aliphatic heterocycles. The molecule has 5 nitrogen and oxygen atoms in total. The highest BCUT2D eigenvalue weighted by atomic mass is 32.2. The van der Waals surface area contributed by atoms with Gasteiger partial charge < -0.3 is 9.84 Å².